The molecule has 0 N–H and O–H groups in total. The Labute approximate surface area is 71.8 Å². The highest BCUT2D eigenvalue weighted by Crippen LogP contribution is 2.14. The van der Waals surface area contributed by atoms with Crippen molar-refractivity contribution in [2.75, 3.05) is 0 Å². The maximum Gasteiger partial charge on any atom is 0.250 e. The summed E-state index contributed by atoms with van der Waals surface area (Å²) in [5.74, 6) is 0. The molecular formula is C10H13NO. The van der Waals surface area contributed by atoms with Crippen LogP contribution in [0.1, 0.15) is 24.1 Å². The van der Waals surface area contributed by atoms with Gasteiger partial charge in [-0.2, -0.15) is 0 Å². The highest BCUT2D eigenvalue weighted by Gasteiger charge is 2.10. The Morgan fingerprint density at radius 3 is 2.92 bits per heavy atom. The molecule has 0 aromatic carbocycles. The fraction of sp³-hybridized carbons (Fsp3) is 0.500. The SMILES string of the molecule is Cc1ccc(=O)n2c1CCCC2. The van der Waals surface area contributed by atoms with Gasteiger partial charge in [0.1, 0.15) is 0 Å². The third-order valence-electron chi connectivity index (χ3n) is 2.57. The molecule has 2 rings (SSSR count). The first-order chi connectivity index (χ1) is 5.79. The van der Waals surface area contributed by atoms with E-state index in [1.54, 1.807) is 6.07 Å². The lowest BCUT2D eigenvalue weighted by atomic mass is 10.0. The molecule has 0 unspecified atom stereocenters. The van der Waals surface area contributed by atoms with E-state index >= 15 is 0 Å². The van der Waals surface area contributed by atoms with E-state index < -0.39 is 0 Å². The first-order valence-corrected chi connectivity index (χ1v) is 4.48. The minimum atomic E-state index is 0.162. The zero-order valence-electron chi connectivity index (χ0n) is 7.34. The fourth-order valence-corrected chi connectivity index (χ4v) is 1.87. The van der Waals surface area contributed by atoms with Gasteiger partial charge in [-0.3, -0.25) is 4.79 Å². The van der Waals surface area contributed by atoms with E-state index in [0.717, 1.165) is 19.4 Å². The Kier molecular flexibility index (Phi) is 1.75. The lowest BCUT2D eigenvalue weighted by Crippen LogP contribution is -2.26. The van der Waals surface area contributed by atoms with Gasteiger partial charge in [-0.25, -0.2) is 0 Å². The summed E-state index contributed by atoms with van der Waals surface area (Å²) in [5, 5.41) is 0. The van der Waals surface area contributed by atoms with E-state index in [2.05, 4.69) is 6.92 Å². The van der Waals surface area contributed by atoms with Crippen LogP contribution in [0.2, 0.25) is 0 Å². The van der Waals surface area contributed by atoms with Crippen LogP contribution in [0.3, 0.4) is 0 Å². The van der Waals surface area contributed by atoms with E-state index in [1.165, 1.54) is 17.7 Å². The third kappa shape index (κ3) is 1.07. The molecule has 2 heteroatoms. The smallest absolute Gasteiger partial charge is 0.250 e. The summed E-state index contributed by atoms with van der Waals surface area (Å²) in [7, 11) is 0. The van der Waals surface area contributed by atoms with Crippen LogP contribution in [0.4, 0.5) is 0 Å². The Morgan fingerprint density at radius 1 is 1.33 bits per heavy atom. The van der Waals surface area contributed by atoms with Gasteiger partial charge < -0.3 is 4.57 Å². The quantitative estimate of drug-likeness (QED) is 0.568. The van der Waals surface area contributed by atoms with Gasteiger partial charge in [-0.05, 0) is 31.7 Å². The Bertz CT molecular complexity index is 351. The number of aromatic nitrogens is 1. The summed E-state index contributed by atoms with van der Waals surface area (Å²) >= 11 is 0. The summed E-state index contributed by atoms with van der Waals surface area (Å²) in [4.78, 5) is 11.4. The van der Waals surface area contributed by atoms with Crippen LogP contribution < -0.4 is 5.56 Å². The summed E-state index contributed by atoms with van der Waals surface area (Å²) in [6.45, 7) is 2.99. The molecule has 0 saturated carbocycles. The van der Waals surface area contributed by atoms with Crippen molar-refractivity contribution in [2.24, 2.45) is 0 Å². The Balaban J connectivity index is 2.64. The van der Waals surface area contributed by atoms with Gasteiger partial charge in [0, 0.05) is 18.3 Å². The van der Waals surface area contributed by atoms with Crippen LogP contribution in [0.15, 0.2) is 16.9 Å². The average molecular weight is 163 g/mol. The molecule has 0 spiro atoms. The standard InChI is InChI=1S/C10H13NO/c1-8-5-6-10(12)11-7-3-2-4-9(8)11/h5-6H,2-4,7H2,1H3. The third-order valence-corrected chi connectivity index (χ3v) is 2.57. The summed E-state index contributed by atoms with van der Waals surface area (Å²) < 4.78 is 1.92. The van der Waals surface area contributed by atoms with Crippen LogP contribution in [-0.2, 0) is 13.0 Å². The highest BCUT2D eigenvalue weighted by molar-refractivity contribution is 5.20. The molecule has 1 aromatic heterocycles. The number of nitrogens with zero attached hydrogens (tertiary/aromatic N) is 1. The van der Waals surface area contributed by atoms with Crippen LogP contribution in [0.25, 0.3) is 0 Å². The Morgan fingerprint density at radius 2 is 2.17 bits per heavy atom. The monoisotopic (exact) mass is 163 g/mol. The molecule has 1 aliphatic rings. The molecule has 0 radical (unpaired) electrons. The second kappa shape index (κ2) is 2.77. The van der Waals surface area contributed by atoms with Gasteiger partial charge in [0.25, 0.3) is 5.56 Å². The second-order valence-electron chi connectivity index (χ2n) is 3.41. The molecule has 0 bridgehead atoms. The zero-order valence-corrected chi connectivity index (χ0v) is 7.34. The Hall–Kier alpha value is -1.05. The van der Waals surface area contributed by atoms with Crippen molar-refractivity contribution in [3.05, 3.63) is 33.7 Å². The topological polar surface area (TPSA) is 22.0 Å². The van der Waals surface area contributed by atoms with Gasteiger partial charge in [0.15, 0.2) is 0 Å². The fourth-order valence-electron chi connectivity index (χ4n) is 1.87. The molecule has 64 valence electrons. The van der Waals surface area contributed by atoms with Gasteiger partial charge in [0.05, 0.1) is 0 Å². The molecule has 0 fully saturated rings. The van der Waals surface area contributed by atoms with Crippen LogP contribution >= 0.6 is 0 Å². The lowest BCUT2D eigenvalue weighted by molar-refractivity contribution is 0.510. The van der Waals surface area contributed by atoms with Crippen molar-refractivity contribution in [1.82, 2.24) is 4.57 Å². The lowest BCUT2D eigenvalue weighted by Gasteiger charge is -2.19. The molecule has 2 nitrogen and oxygen atoms in total. The number of fused-ring (bicyclic) bond motifs is 1. The maximum absolute atomic E-state index is 11.4. The second-order valence-corrected chi connectivity index (χ2v) is 3.41. The predicted octanol–water partition coefficient (Wildman–Crippen LogP) is 1.49. The molecule has 0 aliphatic carbocycles. The molecule has 0 saturated heterocycles. The van der Waals surface area contributed by atoms with Crippen LogP contribution in [-0.4, -0.2) is 4.57 Å². The summed E-state index contributed by atoms with van der Waals surface area (Å²) in [5.41, 5.74) is 2.67. The van der Waals surface area contributed by atoms with E-state index in [9.17, 15) is 4.79 Å². The van der Waals surface area contributed by atoms with Crippen molar-refractivity contribution in [1.29, 1.82) is 0 Å². The average Bonchev–Trinajstić information content (AvgIpc) is 2.12. The molecule has 1 aliphatic heterocycles. The van der Waals surface area contributed by atoms with E-state index in [0.29, 0.717) is 0 Å². The van der Waals surface area contributed by atoms with E-state index in [4.69, 9.17) is 0 Å². The normalized spacial score (nSPS) is 15.8. The predicted molar refractivity (Wildman–Crippen MR) is 48.4 cm³/mol. The number of rotatable bonds is 0. The van der Waals surface area contributed by atoms with E-state index in [1.807, 2.05) is 10.6 Å². The minimum absolute atomic E-state index is 0.162. The molecular weight excluding hydrogens is 150 g/mol. The molecule has 12 heavy (non-hydrogen) atoms. The van der Waals surface area contributed by atoms with Crippen LogP contribution in [0.5, 0.6) is 0 Å². The number of hydrogen-bond acceptors (Lipinski definition) is 1. The molecule has 2 heterocycles. The number of pyridine rings is 1. The highest BCUT2D eigenvalue weighted by atomic mass is 16.1. The van der Waals surface area contributed by atoms with Crippen molar-refractivity contribution in [2.45, 2.75) is 32.7 Å². The van der Waals surface area contributed by atoms with Crippen molar-refractivity contribution >= 4 is 0 Å². The van der Waals surface area contributed by atoms with Crippen molar-refractivity contribution in [3.63, 3.8) is 0 Å². The van der Waals surface area contributed by atoms with Crippen molar-refractivity contribution in [3.8, 4) is 0 Å². The first kappa shape index (κ1) is 7.59. The number of hydrogen-bond donors (Lipinski definition) is 0. The van der Waals surface area contributed by atoms with Gasteiger partial charge in [-0.1, -0.05) is 6.07 Å². The number of aryl methyl sites for hydroxylation is 1. The summed E-state index contributed by atoms with van der Waals surface area (Å²) in [6.07, 6.45) is 3.45. The summed E-state index contributed by atoms with van der Waals surface area (Å²) in [6, 6.07) is 3.60. The maximum atomic E-state index is 11.4. The van der Waals surface area contributed by atoms with Crippen LogP contribution in [0, 0.1) is 6.92 Å². The zero-order chi connectivity index (χ0) is 8.55. The first-order valence-electron chi connectivity index (χ1n) is 4.48. The van der Waals surface area contributed by atoms with Gasteiger partial charge in [0.2, 0.25) is 0 Å². The van der Waals surface area contributed by atoms with Gasteiger partial charge >= 0.3 is 0 Å². The molecule has 0 atom stereocenters. The van der Waals surface area contributed by atoms with Gasteiger partial charge in [-0.15, -0.1) is 0 Å². The largest absolute Gasteiger partial charge is 0.312 e. The molecule has 0 amide bonds. The van der Waals surface area contributed by atoms with Crippen molar-refractivity contribution < 1.29 is 0 Å². The molecule has 1 aromatic rings. The van der Waals surface area contributed by atoms with E-state index in [-0.39, 0.29) is 5.56 Å². The minimum Gasteiger partial charge on any atom is -0.312 e.